The number of nitrogens with one attached hydrogen (secondary N) is 1. The van der Waals surface area contributed by atoms with Gasteiger partial charge in [-0.1, -0.05) is 12.1 Å². The first kappa shape index (κ1) is 12.0. The number of aromatic hydroxyl groups is 2. The minimum absolute atomic E-state index is 0.0872. The molecule has 2 aromatic carbocycles. The van der Waals surface area contributed by atoms with Crippen molar-refractivity contribution in [2.75, 3.05) is 6.54 Å². The SMILES string of the molecule is Oc1cc2c(cc1O)C(c1ccc(F)cc1)NCC2. The third-order valence-corrected chi connectivity index (χ3v) is 3.49. The fourth-order valence-electron chi connectivity index (χ4n) is 2.54. The molecule has 1 atom stereocenters. The summed E-state index contributed by atoms with van der Waals surface area (Å²) >= 11 is 0. The predicted molar refractivity (Wildman–Crippen MR) is 69.7 cm³/mol. The molecule has 4 heteroatoms. The van der Waals surface area contributed by atoms with E-state index in [1.807, 2.05) is 0 Å². The number of phenols is 2. The van der Waals surface area contributed by atoms with Gasteiger partial charge in [0.1, 0.15) is 5.82 Å². The van der Waals surface area contributed by atoms with E-state index in [1.54, 1.807) is 24.3 Å². The first-order valence-electron chi connectivity index (χ1n) is 6.19. The van der Waals surface area contributed by atoms with Gasteiger partial charge in [0.05, 0.1) is 6.04 Å². The standard InChI is InChI=1S/C15H14FNO2/c16-11-3-1-9(2-4-11)15-12-8-14(19)13(18)7-10(12)5-6-17-15/h1-4,7-8,15,17-19H,5-6H2. The second kappa shape index (κ2) is 4.55. The molecule has 0 spiro atoms. The second-order valence-electron chi connectivity index (χ2n) is 4.73. The maximum absolute atomic E-state index is 13.0. The summed E-state index contributed by atoms with van der Waals surface area (Å²) in [6, 6.07) is 9.39. The molecular weight excluding hydrogens is 245 g/mol. The number of rotatable bonds is 1. The van der Waals surface area contributed by atoms with E-state index in [0.29, 0.717) is 0 Å². The highest BCUT2D eigenvalue weighted by atomic mass is 19.1. The van der Waals surface area contributed by atoms with Crippen molar-refractivity contribution in [3.63, 3.8) is 0 Å². The van der Waals surface area contributed by atoms with Crippen LogP contribution in [0.15, 0.2) is 36.4 Å². The summed E-state index contributed by atoms with van der Waals surface area (Å²) in [4.78, 5) is 0. The van der Waals surface area contributed by atoms with E-state index in [0.717, 1.165) is 29.7 Å². The molecule has 3 rings (SSSR count). The zero-order valence-electron chi connectivity index (χ0n) is 10.2. The van der Waals surface area contributed by atoms with Crippen molar-refractivity contribution in [3.05, 3.63) is 58.9 Å². The van der Waals surface area contributed by atoms with Crippen molar-refractivity contribution in [3.8, 4) is 11.5 Å². The van der Waals surface area contributed by atoms with Gasteiger partial charge < -0.3 is 15.5 Å². The molecule has 3 N–H and O–H groups in total. The van der Waals surface area contributed by atoms with E-state index >= 15 is 0 Å². The molecule has 0 aromatic heterocycles. The molecule has 0 amide bonds. The molecule has 0 bridgehead atoms. The maximum atomic E-state index is 13.0. The van der Waals surface area contributed by atoms with Crippen LogP contribution in [0.1, 0.15) is 22.7 Å². The van der Waals surface area contributed by atoms with Crippen molar-refractivity contribution in [1.29, 1.82) is 0 Å². The van der Waals surface area contributed by atoms with Gasteiger partial charge in [0.2, 0.25) is 0 Å². The van der Waals surface area contributed by atoms with Gasteiger partial charge in [0.25, 0.3) is 0 Å². The summed E-state index contributed by atoms with van der Waals surface area (Å²) in [6.45, 7) is 0.777. The molecule has 1 unspecified atom stereocenters. The van der Waals surface area contributed by atoms with Crippen molar-refractivity contribution < 1.29 is 14.6 Å². The number of halogens is 1. The lowest BCUT2D eigenvalue weighted by molar-refractivity contribution is 0.400. The minimum atomic E-state index is -0.270. The van der Waals surface area contributed by atoms with Gasteiger partial charge in [-0.05, 0) is 47.4 Å². The lowest BCUT2D eigenvalue weighted by Crippen LogP contribution is -2.30. The zero-order valence-corrected chi connectivity index (χ0v) is 10.2. The van der Waals surface area contributed by atoms with Crippen LogP contribution in [0.5, 0.6) is 11.5 Å². The van der Waals surface area contributed by atoms with Gasteiger partial charge in [0.15, 0.2) is 11.5 Å². The van der Waals surface area contributed by atoms with Crippen LogP contribution in [0.4, 0.5) is 4.39 Å². The smallest absolute Gasteiger partial charge is 0.157 e. The van der Waals surface area contributed by atoms with E-state index in [2.05, 4.69) is 5.32 Å². The monoisotopic (exact) mass is 259 g/mol. The maximum Gasteiger partial charge on any atom is 0.157 e. The Kier molecular flexibility index (Phi) is 2.87. The average molecular weight is 259 g/mol. The summed E-state index contributed by atoms with van der Waals surface area (Å²) in [7, 11) is 0. The largest absolute Gasteiger partial charge is 0.504 e. The number of fused-ring (bicyclic) bond motifs is 1. The zero-order chi connectivity index (χ0) is 13.4. The van der Waals surface area contributed by atoms with E-state index in [1.165, 1.54) is 12.1 Å². The summed E-state index contributed by atoms with van der Waals surface area (Å²) in [5.74, 6) is -0.499. The molecule has 0 radical (unpaired) electrons. The summed E-state index contributed by atoms with van der Waals surface area (Å²) < 4.78 is 13.0. The van der Waals surface area contributed by atoms with Gasteiger partial charge in [-0.2, -0.15) is 0 Å². The number of benzene rings is 2. The summed E-state index contributed by atoms with van der Waals surface area (Å²) in [6.07, 6.45) is 0.793. The fraction of sp³-hybridized carbons (Fsp3) is 0.200. The van der Waals surface area contributed by atoms with Crippen LogP contribution in [0.2, 0.25) is 0 Å². The van der Waals surface area contributed by atoms with Crippen molar-refractivity contribution >= 4 is 0 Å². The summed E-state index contributed by atoms with van der Waals surface area (Å²) in [5, 5.41) is 22.5. The highest BCUT2D eigenvalue weighted by Gasteiger charge is 2.23. The van der Waals surface area contributed by atoms with E-state index in [9.17, 15) is 14.6 Å². The van der Waals surface area contributed by atoms with Gasteiger partial charge >= 0.3 is 0 Å². The molecule has 0 fully saturated rings. The molecule has 98 valence electrons. The average Bonchev–Trinajstić information content (AvgIpc) is 2.41. The normalized spacial score (nSPS) is 18.1. The molecule has 19 heavy (non-hydrogen) atoms. The Bertz CT molecular complexity index is 610. The molecule has 0 saturated carbocycles. The van der Waals surface area contributed by atoms with Gasteiger partial charge in [-0.3, -0.25) is 0 Å². The summed E-state index contributed by atoms with van der Waals surface area (Å²) in [5.41, 5.74) is 2.86. The highest BCUT2D eigenvalue weighted by Crippen LogP contribution is 2.36. The van der Waals surface area contributed by atoms with Gasteiger partial charge in [-0.25, -0.2) is 4.39 Å². The number of hydrogen-bond donors (Lipinski definition) is 3. The van der Waals surface area contributed by atoms with Crippen LogP contribution < -0.4 is 5.32 Å². The van der Waals surface area contributed by atoms with E-state index in [-0.39, 0.29) is 23.4 Å². The van der Waals surface area contributed by atoms with Gasteiger partial charge in [0, 0.05) is 6.54 Å². The molecule has 1 heterocycles. The lowest BCUT2D eigenvalue weighted by atomic mass is 9.89. The third-order valence-electron chi connectivity index (χ3n) is 3.49. The first-order valence-corrected chi connectivity index (χ1v) is 6.19. The Morgan fingerprint density at radius 1 is 1.05 bits per heavy atom. The third kappa shape index (κ3) is 2.15. The quantitative estimate of drug-likeness (QED) is 0.690. The van der Waals surface area contributed by atoms with Crippen LogP contribution in [0.25, 0.3) is 0 Å². The van der Waals surface area contributed by atoms with Crippen LogP contribution in [0, 0.1) is 5.82 Å². The van der Waals surface area contributed by atoms with Gasteiger partial charge in [-0.15, -0.1) is 0 Å². The fourth-order valence-corrected chi connectivity index (χ4v) is 2.54. The topological polar surface area (TPSA) is 52.5 Å². The Morgan fingerprint density at radius 2 is 1.74 bits per heavy atom. The molecular formula is C15H14FNO2. The Morgan fingerprint density at radius 3 is 2.47 bits per heavy atom. The Hall–Kier alpha value is -2.07. The van der Waals surface area contributed by atoms with Crippen LogP contribution in [-0.2, 0) is 6.42 Å². The van der Waals surface area contributed by atoms with Crippen LogP contribution in [-0.4, -0.2) is 16.8 Å². The van der Waals surface area contributed by atoms with E-state index in [4.69, 9.17) is 0 Å². The van der Waals surface area contributed by atoms with Crippen molar-refractivity contribution in [1.82, 2.24) is 5.32 Å². The molecule has 1 aliphatic rings. The van der Waals surface area contributed by atoms with Crippen LogP contribution in [0.3, 0.4) is 0 Å². The lowest BCUT2D eigenvalue weighted by Gasteiger charge is -2.27. The molecule has 2 aromatic rings. The van der Waals surface area contributed by atoms with E-state index < -0.39 is 0 Å². The molecule has 0 saturated heterocycles. The number of phenolic OH excluding ortho intramolecular Hbond substituents is 2. The Labute approximate surface area is 110 Å². The van der Waals surface area contributed by atoms with Crippen LogP contribution >= 0.6 is 0 Å². The minimum Gasteiger partial charge on any atom is -0.504 e. The molecule has 0 aliphatic carbocycles. The first-order chi connectivity index (χ1) is 9.15. The second-order valence-corrected chi connectivity index (χ2v) is 4.73. The molecule has 1 aliphatic heterocycles. The number of hydrogen-bond acceptors (Lipinski definition) is 3. The predicted octanol–water partition coefficient (Wildman–Crippen LogP) is 2.47. The Balaban J connectivity index is 2.07. The molecule has 3 nitrogen and oxygen atoms in total. The van der Waals surface area contributed by atoms with Crippen molar-refractivity contribution in [2.45, 2.75) is 12.5 Å². The van der Waals surface area contributed by atoms with Crippen molar-refractivity contribution in [2.24, 2.45) is 0 Å². The highest BCUT2D eigenvalue weighted by molar-refractivity contribution is 5.50.